The Morgan fingerprint density at radius 1 is 1.00 bits per heavy atom. The molecular formula is C23H27OP2+. The van der Waals surface area contributed by atoms with Gasteiger partial charge in [0.1, 0.15) is 0 Å². The maximum Gasteiger partial charge on any atom is 0.376 e. The molecule has 3 heteroatoms. The van der Waals surface area contributed by atoms with Crippen LogP contribution >= 0.6 is 15.7 Å². The first-order valence-electron chi connectivity index (χ1n) is 9.46. The summed E-state index contributed by atoms with van der Waals surface area (Å²) < 4.78 is 12.9. The SMILES string of the molecule is CCCC[P+](=O)C1=C(C(C)P(c2ccccc2)c2ccccc2)CC=C1. The normalized spacial score (nSPS) is 15.6. The molecule has 1 aliphatic carbocycles. The molecule has 0 heterocycles. The lowest BCUT2D eigenvalue weighted by molar-refractivity contribution is 0.589. The van der Waals surface area contributed by atoms with Crippen LogP contribution in [-0.2, 0) is 4.57 Å². The second-order valence-electron chi connectivity index (χ2n) is 6.69. The number of hydrogen-bond acceptors (Lipinski definition) is 1. The van der Waals surface area contributed by atoms with Crippen LogP contribution in [0.2, 0.25) is 0 Å². The van der Waals surface area contributed by atoms with E-state index in [-0.39, 0.29) is 0 Å². The second kappa shape index (κ2) is 9.40. The number of unbranched alkanes of at least 4 members (excludes halogenated alkanes) is 1. The minimum absolute atomic E-state index is 0.389. The molecule has 0 radical (unpaired) electrons. The summed E-state index contributed by atoms with van der Waals surface area (Å²) >= 11 is 0. The molecule has 0 fully saturated rings. The first-order chi connectivity index (χ1) is 12.7. The van der Waals surface area contributed by atoms with Crippen molar-refractivity contribution >= 4 is 26.3 Å². The quantitative estimate of drug-likeness (QED) is 0.487. The monoisotopic (exact) mass is 381 g/mol. The average Bonchev–Trinajstić information content (AvgIpc) is 3.18. The van der Waals surface area contributed by atoms with Crippen LogP contribution in [0.1, 0.15) is 33.1 Å². The largest absolute Gasteiger partial charge is 0.376 e. The highest BCUT2D eigenvalue weighted by Gasteiger charge is 2.33. The van der Waals surface area contributed by atoms with Crippen molar-refractivity contribution in [2.24, 2.45) is 0 Å². The van der Waals surface area contributed by atoms with Crippen molar-refractivity contribution in [1.82, 2.24) is 0 Å². The van der Waals surface area contributed by atoms with Crippen LogP contribution in [0.4, 0.5) is 0 Å². The first-order valence-corrected chi connectivity index (χ1v) is 12.3. The van der Waals surface area contributed by atoms with Crippen LogP contribution in [0.3, 0.4) is 0 Å². The van der Waals surface area contributed by atoms with Crippen molar-refractivity contribution in [3.8, 4) is 0 Å². The highest BCUT2D eigenvalue weighted by molar-refractivity contribution is 7.73. The Labute approximate surface area is 159 Å². The van der Waals surface area contributed by atoms with Gasteiger partial charge in [-0.25, -0.2) is 0 Å². The fourth-order valence-corrected chi connectivity index (χ4v) is 8.05. The highest BCUT2D eigenvalue weighted by Crippen LogP contribution is 2.50. The standard InChI is InChI=1S/C23H27OP2/c1-3-4-18-25(24)23-17-11-16-22(23)19(2)26(20-12-7-5-8-13-20)21-14-9-6-10-15-21/h5-15,17,19H,3-4,16,18H2,1-2H3/q+1. The fourth-order valence-electron chi connectivity index (χ4n) is 3.49. The van der Waals surface area contributed by atoms with Gasteiger partial charge in [-0.15, -0.1) is 0 Å². The van der Waals surface area contributed by atoms with E-state index < -0.39 is 15.7 Å². The molecule has 0 N–H and O–H groups in total. The molecule has 26 heavy (non-hydrogen) atoms. The zero-order valence-corrected chi connectivity index (χ0v) is 17.4. The molecule has 3 rings (SSSR count). The fraction of sp³-hybridized carbons (Fsp3) is 0.304. The summed E-state index contributed by atoms with van der Waals surface area (Å²) in [6, 6.07) is 21.7. The first kappa shape index (κ1) is 19.2. The van der Waals surface area contributed by atoms with Crippen LogP contribution in [0.5, 0.6) is 0 Å². The van der Waals surface area contributed by atoms with Gasteiger partial charge in [0, 0.05) is 5.66 Å². The average molecular weight is 381 g/mol. The van der Waals surface area contributed by atoms with E-state index in [1.807, 2.05) is 0 Å². The van der Waals surface area contributed by atoms with Gasteiger partial charge in [-0.2, -0.15) is 0 Å². The maximum atomic E-state index is 12.9. The van der Waals surface area contributed by atoms with Crippen LogP contribution in [0.25, 0.3) is 0 Å². The molecule has 2 unspecified atom stereocenters. The van der Waals surface area contributed by atoms with Gasteiger partial charge in [-0.3, -0.25) is 0 Å². The second-order valence-corrected chi connectivity index (χ2v) is 10.9. The molecule has 0 amide bonds. The molecule has 0 aliphatic heterocycles. The summed E-state index contributed by atoms with van der Waals surface area (Å²) in [6.07, 6.45) is 8.23. The van der Waals surface area contributed by atoms with Crippen molar-refractivity contribution in [2.75, 3.05) is 6.16 Å². The van der Waals surface area contributed by atoms with Crippen LogP contribution in [0, 0.1) is 0 Å². The summed E-state index contributed by atoms with van der Waals surface area (Å²) in [4.78, 5) is 0. The predicted octanol–water partition coefficient (Wildman–Crippen LogP) is 6.35. The smallest absolute Gasteiger partial charge is 0.0758 e. The van der Waals surface area contributed by atoms with E-state index in [9.17, 15) is 4.57 Å². The Hall–Kier alpha value is -1.55. The van der Waals surface area contributed by atoms with Gasteiger partial charge in [-0.1, -0.05) is 91.6 Å². The zero-order valence-electron chi connectivity index (χ0n) is 15.6. The van der Waals surface area contributed by atoms with E-state index in [2.05, 4.69) is 86.7 Å². The van der Waals surface area contributed by atoms with Gasteiger partial charge in [0.05, 0.1) is 0 Å². The van der Waals surface area contributed by atoms with Crippen molar-refractivity contribution in [1.29, 1.82) is 0 Å². The minimum atomic E-state index is -1.27. The molecule has 2 aromatic rings. The molecular weight excluding hydrogens is 354 g/mol. The van der Waals surface area contributed by atoms with Crippen molar-refractivity contribution in [2.45, 2.75) is 38.8 Å². The number of hydrogen-bond donors (Lipinski definition) is 0. The number of allylic oxidation sites excluding steroid dienone is 4. The molecule has 0 spiro atoms. The Morgan fingerprint density at radius 2 is 1.58 bits per heavy atom. The van der Waals surface area contributed by atoms with Gasteiger partial charge in [0.15, 0.2) is 11.5 Å². The predicted molar refractivity (Wildman–Crippen MR) is 117 cm³/mol. The number of benzene rings is 2. The zero-order chi connectivity index (χ0) is 18.4. The molecule has 0 saturated heterocycles. The van der Waals surface area contributed by atoms with E-state index in [4.69, 9.17) is 0 Å². The maximum absolute atomic E-state index is 12.9. The third kappa shape index (κ3) is 4.40. The summed E-state index contributed by atoms with van der Waals surface area (Å²) in [7, 11) is -1.78. The summed E-state index contributed by atoms with van der Waals surface area (Å²) in [6.45, 7) is 4.49. The van der Waals surface area contributed by atoms with Gasteiger partial charge >= 0.3 is 7.80 Å². The Bertz CT molecular complexity index is 754. The molecule has 1 aliphatic rings. The van der Waals surface area contributed by atoms with Crippen molar-refractivity contribution in [3.05, 3.63) is 83.7 Å². The summed E-state index contributed by atoms with van der Waals surface area (Å²) in [5, 5.41) is 3.91. The molecule has 1 nitrogen and oxygen atoms in total. The highest BCUT2D eigenvalue weighted by atomic mass is 31.1. The topological polar surface area (TPSA) is 17.1 Å². The lowest BCUT2D eigenvalue weighted by Gasteiger charge is -2.26. The minimum Gasteiger partial charge on any atom is -0.0758 e. The summed E-state index contributed by atoms with van der Waals surface area (Å²) in [5.74, 6) is 0. The molecule has 0 aromatic heterocycles. The van der Waals surface area contributed by atoms with Crippen molar-refractivity contribution in [3.63, 3.8) is 0 Å². The molecule has 2 atom stereocenters. The molecule has 2 aromatic carbocycles. The van der Waals surface area contributed by atoms with E-state index >= 15 is 0 Å². The van der Waals surface area contributed by atoms with Gasteiger partial charge in [-0.05, 0) is 43.0 Å². The Morgan fingerprint density at radius 3 is 2.12 bits per heavy atom. The van der Waals surface area contributed by atoms with Gasteiger partial charge in [0.2, 0.25) is 0 Å². The summed E-state index contributed by atoms with van der Waals surface area (Å²) in [5.41, 5.74) is 1.78. The van der Waals surface area contributed by atoms with E-state index in [1.54, 1.807) is 0 Å². The lowest BCUT2D eigenvalue weighted by Crippen LogP contribution is -2.21. The molecule has 134 valence electrons. The van der Waals surface area contributed by atoms with Crippen LogP contribution in [0.15, 0.2) is 83.7 Å². The van der Waals surface area contributed by atoms with E-state index in [1.165, 1.54) is 16.2 Å². The lowest BCUT2D eigenvalue weighted by atomic mass is 10.2. The van der Waals surface area contributed by atoms with E-state index in [0.29, 0.717) is 5.66 Å². The molecule has 0 bridgehead atoms. The third-order valence-corrected chi connectivity index (χ3v) is 9.38. The van der Waals surface area contributed by atoms with Gasteiger partial charge < -0.3 is 0 Å². The van der Waals surface area contributed by atoms with Crippen molar-refractivity contribution < 1.29 is 4.57 Å². The third-order valence-electron chi connectivity index (χ3n) is 4.89. The number of rotatable bonds is 8. The van der Waals surface area contributed by atoms with Crippen LogP contribution in [-0.4, -0.2) is 11.8 Å². The Kier molecular flexibility index (Phi) is 6.95. The Balaban J connectivity index is 1.98. The van der Waals surface area contributed by atoms with E-state index in [0.717, 1.165) is 30.7 Å². The van der Waals surface area contributed by atoms with Crippen LogP contribution < -0.4 is 10.6 Å². The van der Waals surface area contributed by atoms with Gasteiger partial charge in [0.25, 0.3) is 0 Å². The molecule has 0 saturated carbocycles.